The van der Waals surface area contributed by atoms with E-state index in [4.69, 9.17) is 5.73 Å². The minimum atomic E-state index is -0.258. The maximum absolute atomic E-state index is 13.1. The van der Waals surface area contributed by atoms with E-state index in [0.29, 0.717) is 19.5 Å². The summed E-state index contributed by atoms with van der Waals surface area (Å²) >= 11 is 0. The van der Waals surface area contributed by atoms with Crippen molar-refractivity contribution in [3.05, 3.63) is 35.1 Å². The molecule has 1 aliphatic heterocycles. The normalized spacial score (nSPS) is 20.6. The van der Waals surface area contributed by atoms with Gasteiger partial charge in [0.15, 0.2) is 0 Å². The zero-order chi connectivity index (χ0) is 11.7. The monoisotopic (exact) mass is 222 g/mol. The maximum atomic E-state index is 13.1. The Hall–Kier alpha value is -1.42. The van der Waals surface area contributed by atoms with Crippen molar-refractivity contribution in [2.75, 3.05) is 6.54 Å². The molecule has 0 radical (unpaired) electrons. The van der Waals surface area contributed by atoms with Gasteiger partial charge in [-0.05, 0) is 30.2 Å². The first-order valence-corrected chi connectivity index (χ1v) is 5.34. The average molecular weight is 222 g/mol. The number of nitrogens with zero attached hydrogens (tertiary/aromatic N) is 1. The number of hydrogen-bond donors (Lipinski definition) is 1. The molecule has 86 valence electrons. The highest BCUT2D eigenvalue weighted by Gasteiger charge is 2.26. The van der Waals surface area contributed by atoms with E-state index in [0.717, 1.165) is 11.1 Å². The Kier molecular flexibility index (Phi) is 2.92. The number of hydrogen-bond acceptors (Lipinski definition) is 2. The molecule has 0 saturated carbocycles. The van der Waals surface area contributed by atoms with E-state index in [2.05, 4.69) is 0 Å². The second-order valence-corrected chi connectivity index (χ2v) is 4.38. The van der Waals surface area contributed by atoms with Gasteiger partial charge in [0, 0.05) is 25.6 Å². The first-order valence-electron chi connectivity index (χ1n) is 5.34. The van der Waals surface area contributed by atoms with Crippen LogP contribution in [0.15, 0.2) is 18.2 Å². The summed E-state index contributed by atoms with van der Waals surface area (Å²) in [6, 6.07) is 4.74. The lowest BCUT2D eigenvalue weighted by molar-refractivity contribution is -0.128. The van der Waals surface area contributed by atoms with Crippen molar-refractivity contribution < 1.29 is 9.18 Å². The predicted octanol–water partition coefficient (Wildman–Crippen LogP) is 1.19. The fourth-order valence-corrected chi connectivity index (χ4v) is 2.08. The van der Waals surface area contributed by atoms with Gasteiger partial charge in [-0.1, -0.05) is 6.07 Å². The van der Waals surface area contributed by atoms with Crippen LogP contribution in [0.3, 0.4) is 0 Å². The zero-order valence-electron chi connectivity index (χ0n) is 9.24. The minimum Gasteiger partial charge on any atom is -0.337 e. The number of halogens is 1. The number of carbonyl (C=O) groups excluding carboxylic acids is 1. The van der Waals surface area contributed by atoms with Gasteiger partial charge >= 0.3 is 0 Å². The fourth-order valence-electron chi connectivity index (χ4n) is 2.08. The van der Waals surface area contributed by atoms with Gasteiger partial charge in [0.25, 0.3) is 0 Å². The van der Waals surface area contributed by atoms with Crippen LogP contribution in [0.4, 0.5) is 4.39 Å². The molecule has 1 atom stereocenters. The quantitative estimate of drug-likeness (QED) is 0.817. The summed E-state index contributed by atoms with van der Waals surface area (Å²) in [5, 5.41) is 0. The van der Waals surface area contributed by atoms with Crippen LogP contribution in [0.25, 0.3) is 0 Å². The van der Waals surface area contributed by atoms with Crippen molar-refractivity contribution in [1.82, 2.24) is 4.90 Å². The summed E-state index contributed by atoms with van der Waals surface area (Å²) in [6.45, 7) is 2.85. The van der Waals surface area contributed by atoms with Crippen molar-refractivity contribution in [3.8, 4) is 0 Å². The Morgan fingerprint density at radius 1 is 1.50 bits per heavy atom. The summed E-state index contributed by atoms with van der Waals surface area (Å²) in [7, 11) is 0. The van der Waals surface area contributed by atoms with Gasteiger partial charge in [-0.25, -0.2) is 4.39 Å². The second kappa shape index (κ2) is 4.22. The molecule has 1 aromatic rings. The summed E-state index contributed by atoms with van der Waals surface area (Å²) in [4.78, 5) is 13.2. The lowest BCUT2D eigenvalue weighted by Crippen LogP contribution is -2.27. The van der Waals surface area contributed by atoms with Crippen LogP contribution in [-0.2, 0) is 11.3 Å². The summed E-state index contributed by atoms with van der Waals surface area (Å²) in [5.41, 5.74) is 7.38. The minimum absolute atomic E-state index is 0.0504. The van der Waals surface area contributed by atoms with E-state index >= 15 is 0 Å². The second-order valence-electron chi connectivity index (χ2n) is 4.38. The molecule has 1 unspecified atom stereocenters. The first-order chi connectivity index (χ1) is 7.54. The number of benzene rings is 1. The van der Waals surface area contributed by atoms with E-state index in [1.807, 2.05) is 13.0 Å². The van der Waals surface area contributed by atoms with Gasteiger partial charge in [0.2, 0.25) is 5.91 Å². The van der Waals surface area contributed by atoms with Crippen LogP contribution in [0.2, 0.25) is 0 Å². The SMILES string of the molecule is Cc1cc(F)cc(CN2CC(N)CC2=O)c1. The van der Waals surface area contributed by atoms with Crippen LogP contribution in [0.5, 0.6) is 0 Å². The molecule has 1 saturated heterocycles. The molecule has 0 spiro atoms. The molecule has 1 amide bonds. The maximum Gasteiger partial charge on any atom is 0.224 e. The standard InChI is InChI=1S/C12H15FN2O/c1-8-2-9(4-10(13)3-8)6-15-7-11(14)5-12(15)16/h2-4,11H,5-7,14H2,1H3. The van der Waals surface area contributed by atoms with E-state index in [1.165, 1.54) is 12.1 Å². The van der Waals surface area contributed by atoms with Crippen LogP contribution in [-0.4, -0.2) is 23.4 Å². The van der Waals surface area contributed by atoms with Crippen LogP contribution in [0, 0.1) is 12.7 Å². The van der Waals surface area contributed by atoms with Crippen LogP contribution < -0.4 is 5.73 Å². The fraction of sp³-hybridized carbons (Fsp3) is 0.417. The molecule has 1 fully saturated rings. The van der Waals surface area contributed by atoms with Gasteiger partial charge < -0.3 is 10.6 Å². The summed E-state index contributed by atoms with van der Waals surface area (Å²) < 4.78 is 13.1. The van der Waals surface area contributed by atoms with E-state index in [9.17, 15) is 9.18 Å². The van der Waals surface area contributed by atoms with Crippen LogP contribution in [0.1, 0.15) is 17.5 Å². The number of likely N-dealkylation sites (tertiary alicyclic amines) is 1. The zero-order valence-corrected chi connectivity index (χ0v) is 9.24. The predicted molar refractivity (Wildman–Crippen MR) is 59.1 cm³/mol. The molecule has 2 N–H and O–H groups in total. The molecule has 1 heterocycles. The van der Waals surface area contributed by atoms with Gasteiger partial charge in [-0.3, -0.25) is 4.79 Å². The Labute approximate surface area is 94.0 Å². The van der Waals surface area contributed by atoms with Crippen molar-refractivity contribution in [3.63, 3.8) is 0 Å². The van der Waals surface area contributed by atoms with Gasteiger partial charge in [-0.15, -0.1) is 0 Å². The molecule has 1 aliphatic rings. The molecule has 0 aromatic heterocycles. The highest BCUT2D eigenvalue weighted by Crippen LogP contribution is 2.15. The van der Waals surface area contributed by atoms with Gasteiger partial charge in [-0.2, -0.15) is 0 Å². The molecule has 0 bridgehead atoms. The Balaban J connectivity index is 2.12. The summed E-state index contributed by atoms with van der Waals surface area (Å²) in [5.74, 6) is -0.208. The Morgan fingerprint density at radius 2 is 2.25 bits per heavy atom. The largest absolute Gasteiger partial charge is 0.337 e. The topological polar surface area (TPSA) is 46.3 Å². The van der Waals surface area contributed by atoms with E-state index in [-0.39, 0.29) is 17.8 Å². The molecule has 2 rings (SSSR count). The lowest BCUT2D eigenvalue weighted by atomic mass is 10.1. The lowest BCUT2D eigenvalue weighted by Gasteiger charge is -2.16. The van der Waals surface area contributed by atoms with Crippen LogP contribution >= 0.6 is 0 Å². The molecule has 16 heavy (non-hydrogen) atoms. The highest BCUT2D eigenvalue weighted by molar-refractivity contribution is 5.79. The average Bonchev–Trinajstić information content (AvgIpc) is 2.43. The number of carbonyl (C=O) groups is 1. The van der Waals surface area contributed by atoms with Crippen molar-refractivity contribution >= 4 is 5.91 Å². The van der Waals surface area contributed by atoms with Gasteiger partial charge in [0.1, 0.15) is 5.82 Å². The Morgan fingerprint density at radius 3 is 2.81 bits per heavy atom. The number of rotatable bonds is 2. The molecule has 0 aliphatic carbocycles. The van der Waals surface area contributed by atoms with Crippen molar-refractivity contribution in [1.29, 1.82) is 0 Å². The third-order valence-electron chi connectivity index (χ3n) is 2.72. The van der Waals surface area contributed by atoms with Crippen molar-refractivity contribution in [2.45, 2.75) is 25.9 Å². The van der Waals surface area contributed by atoms with E-state index in [1.54, 1.807) is 4.90 Å². The number of aryl methyl sites for hydroxylation is 1. The molecule has 1 aromatic carbocycles. The number of nitrogens with two attached hydrogens (primary N) is 1. The summed E-state index contributed by atoms with van der Waals surface area (Å²) in [6.07, 6.45) is 0.397. The molecule has 3 nitrogen and oxygen atoms in total. The highest BCUT2D eigenvalue weighted by atomic mass is 19.1. The van der Waals surface area contributed by atoms with Crippen molar-refractivity contribution in [2.24, 2.45) is 5.73 Å². The number of amides is 1. The van der Waals surface area contributed by atoms with E-state index < -0.39 is 0 Å². The molecular weight excluding hydrogens is 207 g/mol. The molecule has 4 heteroatoms. The molecular formula is C12H15FN2O. The Bertz CT molecular complexity index is 399. The smallest absolute Gasteiger partial charge is 0.224 e. The third kappa shape index (κ3) is 2.39. The third-order valence-corrected chi connectivity index (χ3v) is 2.72. The van der Waals surface area contributed by atoms with Gasteiger partial charge in [0.05, 0.1) is 0 Å². The first kappa shape index (κ1) is 11.1.